The van der Waals surface area contributed by atoms with E-state index in [-0.39, 0.29) is 0 Å². The number of amidine groups is 1. The average Bonchev–Trinajstić information content (AvgIpc) is 3.27. The van der Waals surface area contributed by atoms with E-state index >= 15 is 0 Å². The number of hydrogen-bond donors (Lipinski definition) is 1. The zero-order valence-electron chi connectivity index (χ0n) is 19.8. The number of unbranched alkanes of at least 4 members (excludes halogenated alkanes) is 1. The van der Waals surface area contributed by atoms with Gasteiger partial charge >= 0.3 is 6.18 Å². The van der Waals surface area contributed by atoms with Crippen LogP contribution in [0.1, 0.15) is 55.2 Å². The van der Waals surface area contributed by atoms with Gasteiger partial charge in [-0.25, -0.2) is 19.6 Å². The van der Waals surface area contributed by atoms with Crippen molar-refractivity contribution in [2.75, 3.05) is 7.11 Å². The highest BCUT2D eigenvalue weighted by Crippen LogP contribution is 2.28. The molecule has 186 valence electrons. The topological polar surface area (TPSA) is 77.2 Å². The predicted molar refractivity (Wildman–Crippen MR) is 129 cm³/mol. The third kappa shape index (κ3) is 6.60. The van der Waals surface area contributed by atoms with Gasteiger partial charge in [0.15, 0.2) is 5.15 Å². The largest absolute Gasteiger partial charge is 0.496 e. The molecule has 2 heterocycles. The number of alkyl halides is 3. The van der Waals surface area contributed by atoms with Crippen LogP contribution in [0.15, 0.2) is 54.1 Å². The van der Waals surface area contributed by atoms with Crippen molar-refractivity contribution in [3.05, 3.63) is 76.7 Å². The highest BCUT2D eigenvalue weighted by Gasteiger charge is 2.34. The fourth-order valence-corrected chi connectivity index (χ4v) is 3.40. The molecular formula is C24H26ClF3N6O. The summed E-state index contributed by atoms with van der Waals surface area (Å²) in [6.45, 7) is 5.75. The van der Waals surface area contributed by atoms with Crippen molar-refractivity contribution in [2.45, 2.75) is 45.8 Å². The molecule has 0 saturated carbocycles. The summed E-state index contributed by atoms with van der Waals surface area (Å²) in [5.74, 6) is -0.0710. The molecule has 0 aliphatic heterocycles. The van der Waals surface area contributed by atoms with Gasteiger partial charge in [-0.1, -0.05) is 31.0 Å². The van der Waals surface area contributed by atoms with Crippen LogP contribution in [0.2, 0.25) is 5.15 Å². The first kappa shape index (κ1) is 26.2. The van der Waals surface area contributed by atoms with Crippen molar-refractivity contribution in [1.29, 1.82) is 0 Å². The highest BCUT2D eigenvalue weighted by molar-refractivity contribution is 6.29. The fourth-order valence-electron chi connectivity index (χ4n) is 3.26. The summed E-state index contributed by atoms with van der Waals surface area (Å²) in [6.07, 6.45) is 4.91. The standard InChI is InChI=1S/C24H26ClF3N6O/c1-5-6-7-9-29-22(32-16(3)17-13-30-23(31-14-17)24(26,27)28)19-11-18(12-20(35-4)15(19)2)34-10-8-21(25)33-34/h7-14,16H,5-6H2,1-4H3,(H,29,32)/b9-7+. The zero-order chi connectivity index (χ0) is 25.6. The number of aromatic nitrogens is 4. The van der Waals surface area contributed by atoms with Crippen LogP contribution in [0.3, 0.4) is 0 Å². The van der Waals surface area contributed by atoms with Gasteiger partial charge in [0.1, 0.15) is 11.6 Å². The summed E-state index contributed by atoms with van der Waals surface area (Å²) in [5.41, 5.74) is 2.72. The lowest BCUT2D eigenvalue weighted by molar-refractivity contribution is -0.145. The Morgan fingerprint density at radius 3 is 2.57 bits per heavy atom. The number of allylic oxidation sites excluding steroid dienone is 1. The number of nitrogens with zero attached hydrogens (tertiary/aromatic N) is 5. The number of nitrogens with one attached hydrogen (secondary N) is 1. The van der Waals surface area contributed by atoms with Gasteiger partial charge in [-0.15, -0.1) is 0 Å². The molecule has 1 atom stereocenters. The monoisotopic (exact) mass is 506 g/mol. The van der Waals surface area contributed by atoms with Crippen LogP contribution in [0.4, 0.5) is 13.2 Å². The minimum Gasteiger partial charge on any atom is -0.496 e. The van der Waals surface area contributed by atoms with Gasteiger partial charge in [0.2, 0.25) is 5.82 Å². The number of methoxy groups -OCH3 is 1. The molecule has 0 bridgehead atoms. The summed E-state index contributed by atoms with van der Waals surface area (Å²) in [5, 5.41) is 7.88. The summed E-state index contributed by atoms with van der Waals surface area (Å²) in [6, 6.07) is 4.95. The Kier molecular flexibility index (Phi) is 8.50. The number of rotatable bonds is 8. The van der Waals surface area contributed by atoms with E-state index in [2.05, 4.69) is 32.3 Å². The lowest BCUT2D eigenvalue weighted by atomic mass is 10.0. The summed E-state index contributed by atoms with van der Waals surface area (Å²) >= 11 is 6.00. The maximum atomic E-state index is 12.9. The Morgan fingerprint density at radius 2 is 2.00 bits per heavy atom. The molecule has 0 aliphatic rings. The van der Waals surface area contributed by atoms with E-state index in [1.54, 1.807) is 37.2 Å². The Morgan fingerprint density at radius 1 is 1.29 bits per heavy atom. The van der Waals surface area contributed by atoms with Crippen LogP contribution in [-0.2, 0) is 6.18 Å². The first-order valence-electron chi connectivity index (χ1n) is 10.9. The second kappa shape index (κ2) is 11.4. The highest BCUT2D eigenvalue weighted by atomic mass is 35.5. The molecule has 0 amide bonds. The van der Waals surface area contributed by atoms with Gasteiger partial charge in [0.05, 0.1) is 18.8 Å². The molecule has 1 N–H and O–H groups in total. The SMILES string of the molecule is CCC/C=C/N=C(/NC(C)c1cnc(C(F)(F)F)nc1)c1cc(-n2ccc(Cl)n2)cc(OC)c1C. The second-order valence-corrected chi connectivity index (χ2v) is 8.15. The molecule has 0 saturated heterocycles. The molecule has 3 rings (SSSR count). The Labute approximate surface area is 206 Å². The number of hydrogen-bond acceptors (Lipinski definition) is 5. The zero-order valence-corrected chi connectivity index (χ0v) is 20.5. The molecule has 1 aromatic carbocycles. The number of aliphatic imine (C=N–C) groups is 1. The van der Waals surface area contributed by atoms with E-state index in [0.717, 1.165) is 36.4 Å². The first-order valence-corrected chi connectivity index (χ1v) is 11.3. The van der Waals surface area contributed by atoms with Crippen LogP contribution in [-0.4, -0.2) is 32.7 Å². The molecular weight excluding hydrogens is 481 g/mol. The minimum atomic E-state index is -4.60. The molecule has 0 fully saturated rings. The number of benzene rings is 1. The van der Waals surface area contributed by atoms with Crippen LogP contribution < -0.4 is 10.1 Å². The van der Waals surface area contributed by atoms with Crippen molar-refractivity contribution in [1.82, 2.24) is 25.1 Å². The molecule has 1 unspecified atom stereocenters. The van der Waals surface area contributed by atoms with E-state index in [1.807, 2.05) is 25.1 Å². The van der Waals surface area contributed by atoms with E-state index in [0.29, 0.717) is 28.0 Å². The van der Waals surface area contributed by atoms with Crippen molar-refractivity contribution < 1.29 is 17.9 Å². The lowest BCUT2D eigenvalue weighted by Crippen LogP contribution is -2.29. The molecule has 0 radical (unpaired) electrons. The van der Waals surface area contributed by atoms with Crippen molar-refractivity contribution >= 4 is 17.4 Å². The van der Waals surface area contributed by atoms with Gasteiger partial charge in [-0.05, 0) is 32.4 Å². The predicted octanol–water partition coefficient (Wildman–Crippen LogP) is 6.06. The van der Waals surface area contributed by atoms with E-state index < -0.39 is 18.0 Å². The van der Waals surface area contributed by atoms with Gasteiger partial charge in [0, 0.05) is 47.5 Å². The van der Waals surface area contributed by atoms with Crippen LogP contribution in [0.25, 0.3) is 5.69 Å². The van der Waals surface area contributed by atoms with Gasteiger partial charge in [-0.3, -0.25) is 0 Å². The third-order valence-corrected chi connectivity index (χ3v) is 5.39. The van der Waals surface area contributed by atoms with Crippen LogP contribution >= 0.6 is 11.6 Å². The lowest BCUT2D eigenvalue weighted by Gasteiger charge is -2.20. The average molecular weight is 507 g/mol. The van der Waals surface area contributed by atoms with Crippen LogP contribution in [0, 0.1) is 6.92 Å². The van der Waals surface area contributed by atoms with Crippen molar-refractivity contribution in [2.24, 2.45) is 4.99 Å². The Hall–Kier alpha value is -3.40. The normalized spacial score (nSPS) is 13.3. The maximum Gasteiger partial charge on any atom is 0.451 e. The molecule has 0 spiro atoms. The summed E-state index contributed by atoms with van der Waals surface area (Å²) in [4.78, 5) is 11.6. The molecule has 0 aliphatic carbocycles. The quantitative estimate of drug-likeness (QED) is 0.297. The third-order valence-electron chi connectivity index (χ3n) is 5.18. The number of halogens is 4. The summed E-state index contributed by atoms with van der Waals surface area (Å²) in [7, 11) is 1.57. The molecule has 35 heavy (non-hydrogen) atoms. The van der Waals surface area contributed by atoms with Crippen molar-refractivity contribution in [3.8, 4) is 11.4 Å². The Bertz CT molecular complexity index is 1200. The minimum absolute atomic E-state index is 0.344. The Balaban J connectivity index is 2.02. The summed E-state index contributed by atoms with van der Waals surface area (Å²) < 4.78 is 45.8. The smallest absolute Gasteiger partial charge is 0.451 e. The first-order chi connectivity index (χ1) is 16.6. The molecule has 11 heteroatoms. The van der Waals surface area contributed by atoms with Gasteiger partial charge < -0.3 is 10.1 Å². The van der Waals surface area contributed by atoms with Crippen molar-refractivity contribution in [3.63, 3.8) is 0 Å². The fraction of sp³-hybridized carbons (Fsp3) is 0.333. The van der Waals surface area contributed by atoms with E-state index in [4.69, 9.17) is 16.3 Å². The van der Waals surface area contributed by atoms with Crippen LogP contribution in [0.5, 0.6) is 5.75 Å². The second-order valence-electron chi connectivity index (χ2n) is 7.76. The van der Waals surface area contributed by atoms with Gasteiger partial charge in [-0.2, -0.15) is 18.3 Å². The van der Waals surface area contributed by atoms with E-state index in [1.165, 1.54) is 0 Å². The number of ether oxygens (including phenoxy) is 1. The molecule has 3 aromatic rings. The molecule has 7 nitrogen and oxygen atoms in total. The van der Waals surface area contributed by atoms with E-state index in [9.17, 15) is 13.2 Å². The van der Waals surface area contributed by atoms with Gasteiger partial charge in [0.25, 0.3) is 0 Å². The molecule has 2 aromatic heterocycles. The maximum absolute atomic E-state index is 12.9.